The first-order valence-corrected chi connectivity index (χ1v) is 42.8. The first kappa shape index (κ1) is 90.7. The van der Waals surface area contributed by atoms with E-state index in [-0.39, 0.29) is 19.1 Å². The van der Waals surface area contributed by atoms with Gasteiger partial charge in [0.05, 0.1) is 39.9 Å². The molecular weight excluding hydrogens is 1150 g/mol. The zero-order valence-electron chi connectivity index (χ0n) is 62.8. The molecule has 0 aromatic carbocycles. The third kappa shape index (κ3) is 76.1. The number of nitrogens with zero attached hydrogens (tertiary/aromatic N) is 1. The Morgan fingerprint density at radius 2 is 0.630 bits per heavy atom. The van der Waals surface area contributed by atoms with Gasteiger partial charge in [-0.15, -0.1) is 0 Å². The van der Waals surface area contributed by atoms with Crippen molar-refractivity contribution in [3.63, 3.8) is 0 Å². The maximum absolute atomic E-state index is 13.1. The molecular formula is C83H163N2O6P. The lowest BCUT2D eigenvalue weighted by molar-refractivity contribution is -0.870. The third-order valence-electron chi connectivity index (χ3n) is 19.3. The number of quaternary nitrogens is 1. The van der Waals surface area contributed by atoms with E-state index in [0.29, 0.717) is 17.4 Å². The van der Waals surface area contributed by atoms with Gasteiger partial charge < -0.3 is 28.8 Å². The Bertz CT molecular complexity index is 1600. The predicted molar refractivity (Wildman–Crippen MR) is 404 cm³/mol. The van der Waals surface area contributed by atoms with E-state index in [1.54, 1.807) is 6.08 Å². The third-order valence-corrected chi connectivity index (χ3v) is 20.3. The summed E-state index contributed by atoms with van der Waals surface area (Å²) >= 11 is 0. The van der Waals surface area contributed by atoms with Crippen LogP contribution in [0.15, 0.2) is 36.5 Å². The van der Waals surface area contributed by atoms with Crippen molar-refractivity contribution in [2.75, 3.05) is 40.9 Å². The average molecular weight is 1320 g/mol. The van der Waals surface area contributed by atoms with Crippen LogP contribution in [0.4, 0.5) is 0 Å². The van der Waals surface area contributed by atoms with E-state index in [1.165, 1.54) is 372 Å². The molecule has 0 saturated heterocycles. The lowest BCUT2D eigenvalue weighted by Crippen LogP contribution is -2.45. The Hall–Kier alpha value is -1.28. The minimum Gasteiger partial charge on any atom is -0.756 e. The van der Waals surface area contributed by atoms with Crippen molar-refractivity contribution in [3.05, 3.63) is 36.5 Å². The fourth-order valence-electron chi connectivity index (χ4n) is 13.0. The van der Waals surface area contributed by atoms with E-state index in [9.17, 15) is 19.4 Å². The minimum absolute atomic E-state index is 0.00205. The first-order valence-electron chi connectivity index (χ1n) is 41.4. The molecule has 2 N–H and O–H groups in total. The molecule has 546 valence electrons. The van der Waals surface area contributed by atoms with Crippen molar-refractivity contribution in [3.8, 4) is 0 Å². The zero-order chi connectivity index (χ0) is 66.9. The number of phosphoric acid groups is 1. The molecule has 1 amide bonds. The number of unbranched alkanes of at least 4 members (excludes halogenated alkanes) is 61. The summed E-state index contributed by atoms with van der Waals surface area (Å²) in [4.78, 5) is 25.7. The number of likely N-dealkylation sites (N-methyl/N-ethyl adjacent to an activating group) is 1. The predicted octanol–water partition coefficient (Wildman–Crippen LogP) is 26.5. The molecule has 0 saturated carbocycles. The van der Waals surface area contributed by atoms with E-state index in [2.05, 4.69) is 43.5 Å². The second-order valence-corrected chi connectivity index (χ2v) is 31.2. The number of aliphatic hydroxyl groups excluding tert-OH is 1. The summed E-state index contributed by atoms with van der Waals surface area (Å²) in [6.07, 6.45) is 100. The molecule has 0 aliphatic carbocycles. The Labute approximate surface area is 576 Å². The summed E-state index contributed by atoms with van der Waals surface area (Å²) in [5.74, 6) is -0.187. The van der Waals surface area contributed by atoms with Crippen molar-refractivity contribution < 1.29 is 32.9 Å². The standard InChI is InChI=1S/C83H163N2O6P/c1-6-8-10-12-14-16-18-20-22-24-26-28-30-32-34-36-37-38-39-40-41-42-43-44-45-46-47-49-51-53-55-57-59-61-63-65-67-69-71-73-75-77-83(87)84-81(80-91-92(88,89)90-79-78-85(3,4)5)82(86)76-74-72-70-68-66-64-62-60-58-56-54-52-50-48-35-33-31-29-27-25-23-21-19-17-15-13-11-9-7-2/h18,20,24,26,74,76,81-82,86H,6-17,19,21-23,25,27-73,75,77-80H2,1-5H3,(H-,84,87,88,89)/b20-18-,26-24-,76-74+. The van der Waals surface area contributed by atoms with E-state index in [0.717, 1.165) is 44.9 Å². The Kier molecular flexibility index (Phi) is 72.9. The van der Waals surface area contributed by atoms with E-state index < -0.39 is 20.0 Å². The lowest BCUT2D eigenvalue weighted by atomic mass is 10.0. The number of phosphoric ester groups is 1. The summed E-state index contributed by atoms with van der Waals surface area (Å²) in [5, 5.41) is 14.0. The van der Waals surface area contributed by atoms with E-state index >= 15 is 0 Å². The van der Waals surface area contributed by atoms with Crippen LogP contribution >= 0.6 is 7.82 Å². The summed E-state index contributed by atoms with van der Waals surface area (Å²) in [7, 11) is 1.29. The number of amides is 1. The van der Waals surface area contributed by atoms with Crippen LogP contribution in [0.3, 0.4) is 0 Å². The van der Waals surface area contributed by atoms with Crippen molar-refractivity contribution in [2.45, 2.75) is 450 Å². The first-order chi connectivity index (χ1) is 45.0. The van der Waals surface area contributed by atoms with Gasteiger partial charge in [0.15, 0.2) is 0 Å². The molecule has 9 heteroatoms. The van der Waals surface area contributed by atoms with Crippen molar-refractivity contribution in [1.82, 2.24) is 5.32 Å². The number of carbonyl (C=O) groups is 1. The number of hydrogen-bond donors (Lipinski definition) is 2. The highest BCUT2D eigenvalue weighted by Crippen LogP contribution is 2.38. The van der Waals surface area contributed by atoms with Crippen LogP contribution in [-0.4, -0.2) is 68.5 Å². The zero-order valence-corrected chi connectivity index (χ0v) is 63.7. The summed E-state index contributed by atoms with van der Waals surface area (Å²) in [6.45, 7) is 4.71. The minimum atomic E-state index is -4.61. The number of rotatable bonds is 78. The smallest absolute Gasteiger partial charge is 0.268 e. The Morgan fingerprint density at radius 1 is 0.380 bits per heavy atom. The highest BCUT2D eigenvalue weighted by atomic mass is 31.2. The molecule has 0 aromatic rings. The van der Waals surface area contributed by atoms with E-state index in [4.69, 9.17) is 9.05 Å². The Balaban J connectivity index is 3.89. The van der Waals surface area contributed by atoms with Crippen LogP contribution in [0, 0.1) is 0 Å². The summed E-state index contributed by atoms with van der Waals surface area (Å²) in [6, 6.07) is -0.886. The molecule has 0 fully saturated rings. The molecule has 3 atom stereocenters. The van der Waals surface area contributed by atoms with Gasteiger partial charge in [-0.3, -0.25) is 9.36 Å². The second kappa shape index (κ2) is 74.0. The highest BCUT2D eigenvalue weighted by Gasteiger charge is 2.23. The molecule has 0 aromatic heterocycles. The summed E-state index contributed by atoms with van der Waals surface area (Å²) < 4.78 is 23.5. The van der Waals surface area contributed by atoms with Gasteiger partial charge in [-0.1, -0.05) is 416 Å². The van der Waals surface area contributed by atoms with Gasteiger partial charge in [0, 0.05) is 6.42 Å². The van der Waals surface area contributed by atoms with Gasteiger partial charge in [-0.05, 0) is 51.4 Å². The second-order valence-electron chi connectivity index (χ2n) is 29.8. The maximum atomic E-state index is 13.1. The van der Waals surface area contributed by atoms with Crippen molar-refractivity contribution >= 4 is 13.7 Å². The molecule has 8 nitrogen and oxygen atoms in total. The van der Waals surface area contributed by atoms with Gasteiger partial charge in [-0.2, -0.15) is 0 Å². The molecule has 0 spiro atoms. The normalized spacial score (nSPS) is 13.6. The molecule has 0 rings (SSSR count). The highest BCUT2D eigenvalue weighted by molar-refractivity contribution is 7.45. The molecule has 0 heterocycles. The van der Waals surface area contributed by atoms with Crippen LogP contribution in [0.25, 0.3) is 0 Å². The molecule has 0 aliphatic rings. The number of hydrogen-bond acceptors (Lipinski definition) is 6. The van der Waals surface area contributed by atoms with Crippen molar-refractivity contribution in [1.29, 1.82) is 0 Å². The van der Waals surface area contributed by atoms with Crippen LogP contribution in [0.1, 0.15) is 438 Å². The van der Waals surface area contributed by atoms with Crippen molar-refractivity contribution in [2.24, 2.45) is 0 Å². The molecule has 0 radical (unpaired) electrons. The monoisotopic (exact) mass is 1320 g/mol. The fraction of sp³-hybridized carbons (Fsp3) is 0.916. The largest absolute Gasteiger partial charge is 0.756 e. The molecule has 0 bridgehead atoms. The summed E-state index contributed by atoms with van der Waals surface area (Å²) in [5.41, 5.74) is 0. The van der Waals surface area contributed by atoms with Gasteiger partial charge in [0.1, 0.15) is 13.2 Å². The van der Waals surface area contributed by atoms with Gasteiger partial charge in [-0.25, -0.2) is 0 Å². The van der Waals surface area contributed by atoms with Crippen LogP contribution < -0.4 is 10.2 Å². The molecule has 92 heavy (non-hydrogen) atoms. The van der Waals surface area contributed by atoms with Gasteiger partial charge >= 0.3 is 0 Å². The van der Waals surface area contributed by atoms with Crippen LogP contribution in [0.5, 0.6) is 0 Å². The van der Waals surface area contributed by atoms with Gasteiger partial charge in [0.2, 0.25) is 5.91 Å². The molecule has 0 aliphatic heterocycles. The number of allylic oxidation sites excluding steroid dienone is 5. The number of carbonyl (C=O) groups excluding carboxylic acids is 1. The van der Waals surface area contributed by atoms with Crippen LogP contribution in [-0.2, 0) is 18.4 Å². The number of aliphatic hydroxyl groups is 1. The fourth-order valence-corrected chi connectivity index (χ4v) is 13.7. The average Bonchev–Trinajstić information content (AvgIpc) is 2.63. The molecule has 3 unspecified atom stereocenters. The number of nitrogens with one attached hydrogen (secondary N) is 1. The maximum Gasteiger partial charge on any atom is 0.268 e. The Morgan fingerprint density at radius 3 is 0.902 bits per heavy atom. The quantitative estimate of drug-likeness (QED) is 0.0272. The topological polar surface area (TPSA) is 108 Å². The lowest BCUT2D eigenvalue weighted by Gasteiger charge is -2.29. The van der Waals surface area contributed by atoms with Gasteiger partial charge in [0.25, 0.3) is 7.82 Å². The van der Waals surface area contributed by atoms with E-state index in [1.807, 2.05) is 27.2 Å². The van der Waals surface area contributed by atoms with Crippen LogP contribution in [0.2, 0.25) is 0 Å². The SMILES string of the molecule is CCCCCCC/C=C\C/C=C\CCCCCCCCCCCCCCCCCCCCCCCCCCCCCCCC(=O)NC(COP(=O)([O-])OCC[N+](C)(C)C)C(O)/C=C/CCCCCCCCCCCCCCCCCCCCCCCCCCCCC.